The lowest BCUT2D eigenvalue weighted by molar-refractivity contribution is -0.113. The second-order valence-corrected chi connectivity index (χ2v) is 8.58. The number of rotatable bonds is 6. The van der Waals surface area contributed by atoms with E-state index < -0.39 is 29.5 Å². The Morgan fingerprint density at radius 1 is 0.921 bits per heavy atom. The summed E-state index contributed by atoms with van der Waals surface area (Å²) < 4.78 is 33.9. The van der Waals surface area contributed by atoms with Crippen molar-refractivity contribution in [2.24, 2.45) is 0 Å². The Morgan fingerprint density at radius 2 is 1.58 bits per heavy atom. The molecule has 0 saturated heterocycles. The molecule has 2 amide bonds. The smallest absolute Gasteiger partial charge is 0.261 e. The number of hydrogen-bond donors (Lipinski definition) is 3. The van der Waals surface area contributed by atoms with E-state index in [1.54, 1.807) is 43.3 Å². The fourth-order valence-electron chi connectivity index (χ4n) is 4.34. The Morgan fingerprint density at radius 3 is 2.26 bits per heavy atom. The summed E-state index contributed by atoms with van der Waals surface area (Å²) >= 11 is 0. The number of allylic oxidation sites excluding steroid dienone is 1. The number of benzene rings is 3. The SMILES string of the molecule is COc1ccccc1NC(=O)C1=C(C)Nc2c(C(=O)Nc3ccc(F)cc3)cnn2[C@@H]1c1ccc(F)cc1. The van der Waals surface area contributed by atoms with Crippen LogP contribution in [0.1, 0.15) is 28.9 Å². The van der Waals surface area contributed by atoms with Crippen LogP contribution in [0.2, 0.25) is 0 Å². The summed E-state index contributed by atoms with van der Waals surface area (Å²) in [5, 5.41) is 13.2. The quantitative estimate of drug-likeness (QED) is 0.322. The van der Waals surface area contributed by atoms with Gasteiger partial charge in [0.05, 0.1) is 24.6 Å². The largest absolute Gasteiger partial charge is 0.495 e. The summed E-state index contributed by atoms with van der Waals surface area (Å²) in [5.74, 6) is -0.908. The fraction of sp³-hybridized carbons (Fsp3) is 0.107. The Bertz CT molecular complexity index is 1550. The van der Waals surface area contributed by atoms with E-state index in [4.69, 9.17) is 4.74 Å². The molecule has 0 saturated carbocycles. The lowest BCUT2D eigenvalue weighted by Crippen LogP contribution is -2.32. The summed E-state index contributed by atoms with van der Waals surface area (Å²) in [6, 6.07) is 17.3. The zero-order chi connectivity index (χ0) is 26.8. The molecule has 0 aliphatic carbocycles. The number of anilines is 3. The number of fused-ring (bicyclic) bond motifs is 1. The van der Waals surface area contributed by atoms with Gasteiger partial charge in [0.15, 0.2) is 0 Å². The van der Waals surface area contributed by atoms with Gasteiger partial charge in [-0.3, -0.25) is 9.59 Å². The highest BCUT2D eigenvalue weighted by molar-refractivity contribution is 6.09. The van der Waals surface area contributed by atoms with Crippen molar-refractivity contribution < 1.29 is 23.1 Å². The number of amides is 2. The number of methoxy groups -OCH3 is 1. The molecule has 0 unspecified atom stereocenters. The van der Waals surface area contributed by atoms with Crippen LogP contribution in [-0.2, 0) is 4.79 Å². The molecular formula is C28H23F2N5O3. The number of nitrogens with one attached hydrogen (secondary N) is 3. The Kier molecular flexibility index (Phi) is 6.61. The third kappa shape index (κ3) is 4.71. The minimum Gasteiger partial charge on any atom is -0.495 e. The van der Waals surface area contributed by atoms with Gasteiger partial charge < -0.3 is 20.7 Å². The first-order valence-corrected chi connectivity index (χ1v) is 11.7. The van der Waals surface area contributed by atoms with Crippen molar-refractivity contribution in [1.29, 1.82) is 0 Å². The van der Waals surface area contributed by atoms with Crippen LogP contribution in [0.15, 0.2) is 90.3 Å². The van der Waals surface area contributed by atoms with Gasteiger partial charge in [-0.15, -0.1) is 0 Å². The number of carbonyl (C=O) groups excluding carboxylic acids is 2. The van der Waals surface area contributed by atoms with Gasteiger partial charge in [0.25, 0.3) is 11.8 Å². The molecule has 1 aromatic heterocycles. The Balaban J connectivity index is 1.54. The number of nitrogens with zero attached hydrogens (tertiary/aromatic N) is 2. The Hall–Kier alpha value is -4.99. The Labute approximate surface area is 216 Å². The molecule has 3 aromatic carbocycles. The zero-order valence-corrected chi connectivity index (χ0v) is 20.5. The van der Waals surface area contributed by atoms with E-state index in [0.29, 0.717) is 39.8 Å². The minimum atomic E-state index is -0.770. The van der Waals surface area contributed by atoms with E-state index in [2.05, 4.69) is 21.0 Å². The van der Waals surface area contributed by atoms with Crippen LogP contribution in [0.4, 0.5) is 26.0 Å². The predicted octanol–water partition coefficient (Wildman–Crippen LogP) is 5.35. The standard InChI is InChI=1S/C28H23F2N5O3/c1-16-24(28(37)34-22-5-3-4-6-23(22)38-2)25(17-7-9-18(29)10-8-17)35-26(32-16)21(15-31-35)27(36)33-20-13-11-19(30)12-14-20/h3-15,25,32H,1-2H3,(H,33,36)(H,34,37)/t25-/m1/s1. The van der Waals surface area contributed by atoms with Crippen molar-refractivity contribution in [2.45, 2.75) is 13.0 Å². The number of carbonyl (C=O) groups is 2. The number of hydrogen-bond acceptors (Lipinski definition) is 5. The third-order valence-electron chi connectivity index (χ3n) is 6.16. The van der Waals surface area contributed by atoms with Crippen molar-refractivity contribution in [1.82, 2.24) is 9.78 Å². The van der Waals surface area contributed by atoms with Gasteiger partial charge >= 0.3 is 0 Å². The summed E-state index contributed by atoms with van der Waals surface area (Å²) in [7, 11) is 1.51. The van der Waals surface area contributed by atoms with E-state index >= 15 is 0 Å². The lowest BCUT2D eigenvalue weighted by atomic mass is 9.94. The first kappa shape index (κ1) is 24.7. The van der Waals surface area contributed by atoms with Gasteiger partial charge in [-0.2, -0.15) is 5.10 Å². The van der Waals surface area contributed by atoms with Crippen LogP contribution < -0.4 is 20.7 Å². The molecule has 10 heteroatoms. The summed E-state index contributed by atoms with van der Waals surface area (Å²) in [6.45, 7) is 1.71. The number of aromatic nitrogens is 2. The highest BCUT2D eigenvalue weighted by Crippen LogP contribution is 2.38. The summed E-state index contributed by atoms with van der Waals surface area (Å²) in [4.78, 5) is 26.7. The highest BCUT2D eigenvalue weighted by atomic mass is 19.1. The van der Waals surface area contributed by atoms with Gasteiger partial charge in [0, 0.05) is 11.4 Å². The van der Waals surface area contributed by atoms with E-state index in [1.165, 1.54) is 54.4 Å². The van der Waals surface area contributed by atoms with Crippen LogP contribution in [0, 0.1) is 11.6 Å². The molecule has 0 radical (unpaired) electrons. The lowest BCUT2D eigenvalue weighted by Gasteiger charge is -2.30. The maximum Gasteiger partial charge on any atom is 0.261 e. The topological polar surface area (TPSA) is 97.3 Å². The van der Waals surface area contributed by atoms with E-state index in [9.17, 15) is 18.4 Å². The van der Waals surface area contributed by atoms with Gasteiger partial charge in [-0.05, 0) is 61.0 Å². The molecule has 3 N–H and O–H groups in total. The van der Waals surface area contributed by atoms with Crippen LogP contribution in [0.3, 0.4) is 0 Å². The van der Waals surface area contributed by atoms with Crippen LogP contribution in [0.25, 0.3) is 0 Å². The zero-order valence-electron chi connectivity index (χ0n) is 20.5. The maximum absolute atomic E-state index is 13.8. The van der Waals surface area contributed by atoms with Gasteiger partial charge in [0.1, 0.15) is 34.8 Å². The molecule has 192 valence electrons. The first-order valence-electron chi connectivity index (χ1n) is 11.7. The highest BCUT2D eigenvalue weighted by Gasteiger charge is 2.35. The molecular weight excluding hydrogens is 492 g/mol. The third-order valence-corrected chi connectivity index (χ3v) is 6.16. The van der Waals surface area contributed by atoms with Gasteiger partial charge in [-0.25, -0.2) is 13.5 Å². The van der Waals surface area contributed by atoms with Crippen LogP contribution in [-0.4, -0.2) is 28.7 Å². The molecule has 2 heterocycles. The van der Waals surface area contributed by atoms with Crippen LogP contribution >= 0.6 is 0 Å². The van der Waals surface area contributed by atoms with Crippen molar-refractivity contribution in [3.8, 4) is 5.75 Å². The van der Waals surface area contributed by atoms with Gasteiger partial charge in [0.2, 0.25) is 0 Å². The molecule has 0 bridgehead atoms. The van der Waals surface area contributed by atoms with Crippen LogP contribution in [0.5, 0.6) is 5.75 Å². The van der Waals surface area contributed by atoms with Crippen molar-refractivity contribution in [3.05, 3.63) is 113 Å². The molecule has 1 atom stereocenters. The van der Waals surface area contributed by atoms with Crippen molar-refractivity contribution in [2.75, 3.05) is 23.1 Å². The van der Waals surface area contributed by atoms with E-state index in [1.807, 2.05) is 0 Å². The second kappa shape index (κ2) is 10.2. The van der Waals surface area contributed by atoms with E-state index in [0.717, 1.165) is 0 Å². The van der Waals surface area contributed by atoms with E-state index in [-0.39, 0.29) is 5.56 Å². The first-order chi connectivity index (χ1) is 18.4. The predicted molar refractivity (Wildman–Crippen MR) is 139 cm³/mol. The normalized spacial score (nSPS) is 14.4. The van der Waals surface area contributed by atoms with Gasteiger partial charge in [-0.1, -0.05) is 24.3 Å². The van der Waals surface area contributed by atoms with Crippen molar-refractivity contribution >= 4 is 29.0 Å². The number of halogens is 2. The molecule has 4 aromatic rings. The number of para-hydroxylation sites is 2. The summed E-state index contributed by atoms with van der Waals surface area (Å²) in [6.07, 6.45) is 1.38. The second-order valence-electron chi connectivity index (χ2n) is 8.58. The monoisotopic (exact) mass is 515 g/mol. The molecule has 8 nitrogen and oxygen atoms in total. The molecule has 1 aliphatic rings. The fourth-order valence-corrected chi connectivity index (χ4v) is 4.34. The molecule has 38 heavy (non-hydrogen) atoms. The van der Waals surface area contributed by atoms with Crippen molar-refractivity contribution in [3.63, 3.8) is 0 Å². The average Bonchev–Trinajstić information content (AvgIpc) is 3.33. The molecule has 0 fully saturated rings. The number of ether oxygens (including phenoxy) is 1. The molecule has 5 rings (SSSR count). The minimum absolute atomic E-state index is 0.213. The summed E-state index contributed by atoms with van der Waals surface area (Å²) in [5.41, 5.74) is 2.49. The molecule has 0 spiro atoms. The maximum atomic E-state index is 13.8. The molecule has 1 aliphatic heterocycles. The average molecular weight is 516 g/mol.